The molecule has 1 N–H and O–H groups in total. The average molecular weight is 221 g/mol. The summed E-state index contributed by atoms with van der Waals surface area (Å²) in [4.78, 5) is 0. The van der Waals surface area contributed by atoms with Crippen molar-refractivity contribution in [1.29, 1.82) is 0 Å². The second-order valence-electron chi connectivity index (χ2n) is 4.83. The van der Waals surface area contributed by atoms with Crippen molar-refractivity contribution in [3.63, 3.8) is 0 Å². The van der Waals surface area contributed by atoms with Crippen LogP contribution in [0.3, 0.4) is 0 Å². The second kappa shape index (κ2) is 6.69. The Kier molecular flexibility index (Phi) is 4.87. The molecule has 0 unspecified atom stereocenters. The van der Waals surface area contributed by atoms with Gasteiger partial charge in [0, 0.05) is 18.9 Å². The molecule has 0 saturated heterocycles. The average Bonchev–Trinajstić information content (AvgIpc) is 2.68. The van der Waals surface area contributed by atoms with E-state index < -0.39 is 0 Å². The van der Waals surface area contributed by atoms with Crippen molar-refractivity contribution in [2.24, 2.45) is 5.92 Å². The van der Waals surface area contributed by atoms with Gasteiger partial charge in [-0.1, -0.05) is 25.7 Å². The van der Waals surface area contributed by atoms with Crippen LogP contribution in [-0.2, 0) is 6.54 Å². The van der Waals surface area contributed by atoms with E-state index >= 15 is 0 Å². The maximum absolute atomic E-state index is 4.19. The summed E-state index contributed by atoms with van der Waals surface area (Å²) >= 11 is 0. The maximum atomic E-state index is 4.19. The molecule has 1 aromatic heterocycles. The second-order valence-corrected chi connectivity index (χ2v) is 4.83. The molecule has 2 rings (SSSR count). The van der Waals surface area contributed by atoms with Gasteiger partial charge in [0.05, 0.1) is 6.54 Å². The molecule has 0 amide bonds. The standard InChI is InChI=1S/C13H23N3/c1-2-4-7-13(6-3-1)12-14-9-11-16-10-5-8-15-16/h5,8,10,13-14H,1-4,6-7,9,11-12H2. The molecule has 1 aliphatic carbocycles. The molecule has 1 aromatic rings. The van der Waals surface area contributed by atoms with E-state index in [1.807, 2.05) is 23.1 Å². The van der Waals surface area contributed by atoms with Crippen LogP contribution in [0.5, 0.6) is 0 Å². The van der Waals surface area contributed by atoms with E-state index in [1.54, 1.807) is 0 Å². The summed E-state index contributed by atoms with van der Waals surface area (Å²) < 4.78 is 1.99. The molecular formula is C13H23N3. The monoisotopic (exact) mass is 221 g/mol. The van der Waals surface area contributed by atoms with Crippen molar-refractivity contribution in [1.82, 2.24) is 15.1 Å². The van der Waals surface area contributed by atoms with E-state index in [0.29, 0.717) is 0 Å². The molecule has 90 valence electrons. The molecule has 3 heteroatoms. The summed E-state index contributed by atoms with van der Waals surface area (Å²) in [5, 5.41) is 7.75. The minimum Gasteiger partial charge on any atom is -0.315 e. The van der Waals surface area contributed by atoms with Gasteiger partial charge >= 0.3 is 0 Å². The minimum atomic E-state index is 0.917. The minimum absolute atomic E-state index is 0.917. The molecular weight excluding hydrogens is 198 g/mol. The fourth-order valence-corrected chi connectivity index (χ4v) is 2.50. The number of hydrogen-bond donors (Lipinski definition) is 1. The normalized spacial score (nSPS) is 18.5. The summed E-state index contributed by atoms with van der Waals surface area (Å²) in [5.74, 6) is 0.917. The molecule has 0 atom stereocenters. The van der Waals surface area contributed by atoms with Gasteiger partial charge in [0.25, 0.3) is 0 Å². The first-order chi connectivity index (χ1) is 7.95. The number of nitrogens with zero attached hydrogens (tertiary/aromatic N) is 2. The summed E-state index contributed by atoms with van der Waals surface area (Å²) in [6.45, 7) is 3.22. The fraction of sp³-hybridized carbons (Fsp3) is 0.769. The SMILES string of the molecule is c1cnn(CCNCC2CCCCCC2)c1. The summed E-state index contributed by atoms with van der Waals surface area (Å²) in [6, 6.07) is 1.98. The zero-order valence-corrected chi connectivity index (χ0v) is 10.1. The van der Waals surface area contributed by atoms with Crippen LogP contribution in [0, 0.1) is 5.92 Å². The van der Waals surface area contributed by atoms with Gasteiger partial charge in [-0.05, 0) is 31.4 Å². The van der Waals surface area contributed by atoms with Crippen LogP contribution in [0.1, 0.15) is 38.5 Å². The Balaban J connectivity index is 1.56. The lowest BCUT2D eigenvalue weighted by atomic mass is 10.0. The quantitative estimate of drug-likeness (QED) is 0.611. The molecule has 16 heavy (non-hydrogen) atoms. The summed E-state index contributed by atoms with van der Waals surface area (Å²) in [5.41, 5.74) is 0. The molecule has 3 nitrogen and oxygen atoms in total. The van der Waals surface area contributed by atoms with Crippen LogP contribution in [-0.4, -0.2) is 22.9 Å². The van der Waals surface area contributed by atoms with Crippen LogP contribution in [0.2, 0.25) is 0 Å². The molecule has 1 saturated carbocycles. The van der Waals surface area contributed by atoms with E-state index in [4.69, 9.17) is 0 Å². The van der Waals surface area contributed by atoms with Crippen molar-refractivity contribution in [3.8, 4) is 0 Å². The van der Waals surface area contributed by atoms with Gasteiger partial charge in [0.15, 0.2) is 0 Å². The third-order valence-corrected chi connectivity index (χ3v) is 3.48. The van der Waals surface area contributed by atoms with Crippen LogP contribution in [0.4, 0.5) is 0 Å². The summed E-state index contributed by atoms with van der Waals surface area (Å²) in [7, 11) is 0. The van der Waals surface area contributed by atoms with Gasteiger partial charge in [-0.15, -0.1) is 0 Å². The molecule has 0 aliphatic heterocycles. The zero-order chi connectivity index (χ0) is 11.1. The van der Waals surface area contributed by atoms with E-state index in [2.05, 4.69) is 10.4 Å². The highest BCUT2D eigenvalue weighted by Crippen LogP contribution is 2.21. The highest BCUT2D eigenvalue weighted by atomic mass is 15.3. The largest absolute Gasteiger partial charge is 0.315 e. The number of hydrogen-bond acceptors (Lipinski definition) is 2. The third kappa shape index (κ3) is 3.97. The number of rotatable bonds is 5. The summed E-state index contributed by atoms with van der Waals surface area (Å²) in [6.07, 6.45) is 12.5. The first kappa shape index (κ1) is 11.6. The van der Waals surface area contributed by atoms with Gasteiger partial charge < -0.3 is 5.32 Å². The maximum Gasteiger partial charge on any atom is 0.0533 e. The Bertz CT molecular complexity index is 261. The smallest absolute Gasteiger partial charge is 0.0533 e. The van der Waals surface area contributed by atoms with Crippen molar-refractivity contribution in [2.75, 3.05) is 13.1 Å². The molecule has 0 bridgehead atoms. The molecule has 0 aromatic carbocycles. The Morgan fingerprint density at radius 2 is 2.00 bits per heavy atom. The Hall–Kier alpha value is -0.830. The first-order valence-corrected chi connectivity index (χ1v) is 6.63. The van der Waals surface area contributed by atoms with E-state index in [-0.39, 0.29) is 0 Å². The lowest BCUT2D eigenvalue weighted by Crippen LogP contribution is -2.26. The molecule has 1 heterocycles. The van der Waals surface area contributed by atoms with Crippen molar-refractivity contribution in [3.05, 3.63) is 18.5 Å². The molecule has 1 aliphatic rings. The Morgan fingerprint density at radius 1 is 1.19 bits per heavy atom. The number of nitrogens with one attached hydrogen (secondary N) is 1. The Morgan fingerprint density at radius 3 is 2.69 bits per heavy atom. The molecule has 0 radical (unpaired) electrons. The van der Waals surface area contributed by atoms with Crippen LogP contribution < -0.4 is 5.32 Å². The third-order valence-electron chi connectivity index (χ3n) is 3.48. The van der Waals surface area contributed by atoms with Crippen LogP contribution in [0.15, 0.2) is 18.5 Å². The van der Waals surface area contributed by atoms with Gasteiger partial charge in [-0.25, -0.2) is 0 Å². The van der Waals surface area contributed by atoms with Gasteiger partial charge in [-0.2, -0.15) is 5.10 Å². The fourth-order valence-electron chi connectivity index (χ4n) is 2.50. The molecule has 0 spiro atoms. The lowest BCUT2D eigenvalue weighted by molar-refractivity contribution is 0.416. The first-order valence-electron chi connectivity index (χ1n) is 6.63. The van der Waals surface area contributed by atoms with Gasteiger partial charge in [0.2, 0.25) is 0 Å². The van der Waals surface area contributed by atoms with E-state index in [9.17, 15) is 0 Å². The predicted molar refractivity (Wildman–Crippen MR) is 66.3 cm³/mol. The Labute approximate surface area is 98.2 Å². The topological polar surface area (TPSA) is 29.9 Å². The van der Waals surface area contributed by atoms with Gasteiger partial charge in [-0.3, -0.25) is 4.68 Å². The van der Waals surface area contributed by atoms with E-state index in [0.717, 1.165) is 19.0 Å². The van der Waals surface area contributed by atoms with Crippen molar-refractivity contribution >= 4 is 0 Å². The van der Waals surface area contributed by atoms with Crippen LogP contribution >= 0.6 is 0 Å². The lowest BCUT2D eigenvalue weighted by Gasteiger charge is -2.14. The highest BCUT2D eigenvalue weighted by Gasteiger charge is 2.11. The molecule has 1 fully saturated rings. The van der Waals surface area contributed by atoms with E-state index in [1.165, 1.54) is 45.1 Å². The number of aromatic nitrogens is 2. The van der Waals surface area contributed by atoms with Crippen LogP contribution in [0.25, 0.3) is 0 Å². The van der Waals surface area contributed by atoms with Gasteiger partial charge in [0.1, 0.15) is 0 Å². The van der Waals surface area contributed by atoms with Crippen molar-refractivity contribution < 1.29 is 0 Å². The zero-order valence-electron chi connectivity index (χ0n) is 10.1. The highest BCUT2D eigenvalue weighted by molar-refractivity contribution is 4.77. The predicted octanol–water partition coefficient (Wildman–Crippen LogP) is 2.44. The van der Waals surface area contributed by atoms with Crippen molar-refractivity contribution in [2.45, 2.75) is 45.1 Å².